The highest BCUT2D eigenvalue weighted by Gasteiger charge is 1.98. The Balaban J connectivity index is 2.31. The fourth-order valence-corrected chi connectivity index (χ4v) is 1.55. The topological polar surface area (TPSA) is 45.1 Å². The third-order valence-electron chi connectivity index (χ3n) is 1.47. The molecule has 0 atom stereocenters. The van der Waals surface area contributed by atoms with E-state index in [9.17, 15) is 0 Å². The van der Waals surface area contributed by atoms with Gasteiger partial charge in [-0.3, -0.25) is 0 Å². The zero-order chi connectivity index (χ0) is 8.81. The van der Waals surface area contributed by atoms with Gasteiger partial charge in [0.05, 0.1) is 12.3 Å². The number of aromatic nitrogens is 1. The molecule has 0 bridgehead atoms. The predicted octanol–water partition coefficient (Wildman–Crippen LogP) is 1.14. The van der Waals surface area contributed by atoms with Crippen molar-refractivity contribution in [3.05, 3.63) is 16.1 Å². The number of rotatable bonds is 5. The third-order valence-corrected chi connectivity index (χ3v) is 2.35. The Morgan fingerprint density at radius 3 is 3.08 bits per heavy atom. The number of aliphatic hydroxyl groups is 1. The standard InChI is InChI=1S/C8H14N2OS/c1-2-3-9-4-7-6-12-8(5-11)10-7/h6,9,11H,2-5H2,1H3. The Hall–Kier alpha value is -0.450. The summed E-state index contributed by atoms with van der Waals surface area (Å²) < 4.78 is 0. The lowest BCUT2D eigenvalue weighted by Gasteiger charge is -1.97. The quantitative estimate of drug-likeness (QED) is 0.678. The highest BCUT2D eigenvalue weighted by Crippen LogP contribution is 2.08. The minimum atomic E-state index is 0.0540. The van der Waals surface area contributed by atoms with Crippen molar-refractivity contribution < 1.29 is 5.11 Å². The summed E-state index contributed by atoms with van der Waals surface area (Å²) >= 11 is 1.51. The second-order valence-electron chi connectivity index (χ2n) is 2.57. The summed E-state index contributed by atoms with van der Waals surface area (Å²) in [6.45, 7) is 4.02. The van der Waals surface area contributed by atoms with Crippen molar-refractivity contribution in [3.63, 3.8) is 0 Å². The van der Waals surface area contributed by atoms with Crippen molar-refractivity contribution in [2.24, 2.45) is 0 Å². The van der Waals surface area contributed by atoms with Crippen LogP contribution >= 0.6 is 11.3 Å². The second-order valence-corrected chi connectivity index (χ2v) is 3.51. The number of nitrogens with one attached hydrogen (secondary N) is 1. The van der Waals surface area contributed by atoms with E-state index in [-0.39, 0.29) is 6.61 Å². The maximum absolute atomic E-state index is 8.75. The molecule has 0 amide bonds. The van der Waals surface area contributed by atoms with Crippen molar-refractivity contribution in [2.45, 2.75) is 26.5 Å². The van der Waals surface area contributed by atoms with Crippen LogP contribution in [0, 0.1) is 0 Å². The molecule has 0 saturated heterocycles. The molecular weight excluding hydrogens is 172 g/mol. The molecule has 0 saturated carbocycles. The lowest BCUT2D eigenvalue weighted by atomic mass is 10.4. The van der Waals surface area contributed by atoms with Gasteiger partial charge in [0, 0.05) is 11.9 Å². The van der Waals surface area contributed by atoms with Gasteiger partial charge in [0.15, 0.2) is 0 Å². The summed E-state index contributed by atoms with van der Waals surface area (Å²) in [5.74, 6) is 0. The van der Waals surface area contributed by atoms with E-state index in [1.54, 1.807) is 0 Å². The van der Waals surface area contributed by atoms with Gasteiger partial charge < -0.3 is 10.4 Å². The van der Waals surface area contributed by atoms with Crippen LogP contribution in [0.2, 0.25) is 0 Å². The normalized spacial score (nSPS) is 10.5. The molecule has 12 heavy (non-hydrogen) atoms. The fraction of sp³-hybridized carbons (Fsp3) is 0.625. The van der Waals surface area contributed by atoms with E-state index in [4.69, 9.17) is 5.11 Å². The van der Waals surface area contributed by atoms with Crippen LogP contribution in [0.5, 0.6) is 0 Å². The fourth-order valence-electron chi connectivity index (χ4n) is 0.896. The first-order chi connectivity index (χ1) is 5.86. The molecule has 1 rings (SSSR count). The van der Waals surface area contributed by atoms with Gasteiger partial charge in [-0.1, -0.05) is 6.92 Å². The van der Waals surface area contributed by atoms with Crippen LogP contribution in [0.25, 0.3) is 0 Å². The van der Waals surface area contributed by atoms with E-state index in [1.165, 1.54) is 11.3 Å². The van der Waals surface area contributed by atoms with Crippen molar-refractivity contribution in [2.75, 3.05) is 6.54 Å². The first kappa shape index (κ1) is 9.64. The van der Waals surface area contributed by atoms with Crippen molar-refractivity contribution in [1.82, 2.24) is 10.3 Å². The van der Waals surface area contributed by atoms with E-state index in [2.05, 4.69) is 17.2 Å². The molecule has 0 unspecified atom stereocenters. The van der Waals surface area contributed by atoms with Crippen LogP contribution in [0.15, 0.2) is 5.38 Å². The Morgan fingerprint density at radius 1 is 1.67 bits per heavy atom. The Morgan fingerprint density at radius 2 is 2.50 bits per heavy atom. The Labute approximate surface area is 76.5 Å². The van der Waals surface area contributed by atoms with Crippen molar-refractivity contribution in [1.29, 1.82) is 0 Å². The van der Waals surface area contributed by atoms with Gasteiger partial charge in [-0.05, 0) is 13.0 Å². The molecule has 0 radical (unpaired) electrons. The minimum Gasteiger partial charge on any atom is -0.389 e. The van der Waals surface area contributed by atoms with Crippen LogP contribution in [0.3, 0.4) is 0 Å². The highest BCUT2D eigenvalue weighted by atomic mass is 32.1. The number of hydrogen-bond donors (Lipinski definition) is 2. The number of nitrogens with zero attached hydrogens (tertiary/aromatic N) is 1. The Kier molecular flexibility index (Phi) is 4.21. The van der Waals surface area contributed by atoms with E-state index >= 15 is 0 Å². The summed E-state index contributed by atoms with van der Waals surface area (Å²) in [6.07, 6.45) is 1.14. The molecule has 2 N–H and O–H groups in total. The van der Waals surface area contributed by atoms with Gasteiger partial charge in [0.25, 0.3) is 0 Å². The van der Waals surface area contributed by atoms with Crippen molar-refractivity contribution >= 4 is 11.3 Å². The van der Waals surface area contributed by atoms with Crippen LogP contribution in [-0.2, 0) is 13.2 Å². The summed E-state index contributed by atoms with van der Waals surface area (Å²) in [5, 5.41) is 14.8. The molecule has 0 aliphatic rings. The molecule has 0 aromatic carbocycles. The summed E-state index contributed by atoms with van der Waals surface area (Å²) in [4.78, 5) is 4.21. The van der Waals surface area contributed by atoms with Gasteiger partial charge in [-0.2, -0.15) is 0 Å². The molecule has 68 valence electrons. The van der Waals surface area contributed by atoms with Crippen LogP contribution < -0.4 is 5.32 Å². The number of hydrogen-bond acceptors (Lipinski definition) is 4. The van der Waals surface area contributed by atoms with Gasteiger partial charge in [0.2, 0.25) is 0 Å². The molecule has 1 aromatic rings. The molecule has 1 aromatic heterocycles. The molecule has 0 aliphatic carbocycles. The van der Waals surface area contributed by atoms with Crippen LogP contribution in [-0.4, -0.2) is 16.6 Å². The maximum Gasteiger partial charge on any atom is 0.118 e. The second kappa shape index (κ2) is 5.24. The summed E-state index contributed by atoms with van der Waals surface area (Å²) in [7, 11) is 0. The zero-order valence-electron chi connectivity index (χ0n) is 7.21. The smallest absolute Gasteiger partial charge is 0.118 e. The molecular formula is C8H14N2OS. The minimum absolute atomic E-state index is 0.0540. The highest BCUT2D eigenvalue weighted by molar-refractivity contribution is 7.09. The molecule has 3 nitrogen and oxygen atoms in total. The monoisotopic (exact) mass is 186 g/mol. The summed E-state index contributed by atoms with van der Waals surface area (Å²) in [5.41, 5.74) is 1.03. The van der Waals surface area contributed by atoms with E-state index < -0.39 is 0 Å². The first-order valence-electron chi connectivity index (χ1n) is 4.11. The zero-order valence-corrected chi connectivity index (χ0v) is 8.02. The number of thiazole rings is 1. The van der Waals surface area contributed by atoms with E-state index in [0.717, 1.165) is 30.2 Å². The van der Waals surface area contributed by atoms with Crippen LogP contribution in [0.1, 0.15) is 24.0 Å². The molecule has 1 heterocycles. The predicted molar refractivity (Wildman–Crippen MR) is 50.0 cm³/mol. The SMILES string of the molecule is CCCNCc1csc(CO)n1. The molecule has 0 fully saturated rings. The van der Waals surface area contributed by atoms with Gasteiger partial charge >= 0.3 is 0 Å². The lowest BCUT2D eigenvalue weighted by Crippen LogP contribution is -2.13. The van der Waals surface area contributed by atoms with Gasteiger partial charge in [-0.25, -0.2) is 4.98 Å². The number of aliphatic hydroxyl groups excluding tert-OH is 1. The van der Waals surface area contributed by atoms with Gasteiger partial charge in [-0.15, -0.1) is 11.3 Å². The largest absolute Gasteiger partial charge is 0.389 e. The average molecular weight is 186 g/mol. The van der Waals surface area contributed by atoms with E-state index in [0.29, 0.717) is 0 Å². The average Bonchev–Trinajstić information content (AvgIpc) is 2.53. The Bertz CT molecular complexity index is 225. The first-order valence-corrected chi connectivity index (χ1v) is 4.99. The third kappa shape index (κ3) is 2.89. The molecule has 0 spiro atoms. The van der Waals surface area contributed by atoms with Crippen molar-refractivity contribution in [3.8, 4) is 0 Å². The van der Waals surface area contributed by atoms with Crippen LogP contribution in [0.4, 0.5) is 0 Å². The lowest BCUT2D eigenvalue weighted by molar-refractivity contribution is 0.281. The summed E-state index contributed by atoms with van der Waals surface area (Å²) in [6, 6.07) is 0. The van der Waals surface area contributed by atoms with E-state index in [1.807, 2.05) is 5.38 Å². The maximum atomic E-state index is 8.75. The van der Waals surface area contributed by atoms with Gasteiger partial charge in [0.1, 0.15) is 5.01 Å². The molecule has 0 aliphatic heterocycles. The molecule has 4 heteroatoms.